The van der Waals surface area contributed by atoms with Crippen LogP contribution in [-0.4, -0.2) is 18.1 Å². The molecule has 22 heavy (non-hydrogen) atoms. The molecule has 1 atom stereocenters. The Hall–Kier alpha value is -2.56. The predicted octanol–water partition coefficient (Wildman–Crippen LogP) is 2.58. The van der Waals surface area contributed by atoms with Crippen LogP contribution in [0.2, 0.25) is 0 Å². The summed E-state index contributed by atoms with van der Waals surface area (Å²) in [5.74, 6) is 0.536. The van der Waals surface area contributed by atoms with Gasteiger partial charge in [0.25, 0.3) is 0 Å². The van der Waals surface area contributed by atoms with Crippen molar-refractivity contribution in [2.75, 3.05) is 7.11 Å². The van der Waals surface area contributed by atoms with Gasteiger partial charge in [-0.05, 0) is 30.0 Å². The van der Waals surface area contributed by atoms with E-state index in [9.17, 15) is 4.79 Å². The summed E-state index contributed by atoms with van der Waals surface area (Å²) in [7, 11) is 1.57. The van der Waals surface area contributed by atoms with Crippen LogP contribution in [-0.2, 0) is 13.0 Å². The van der Waals surface area contributed by atoms with E-state index in [4.69, 9.17) is 4.74 Å². The Morgan fingerprint density at radius 1 is 1.32 bits per heavy atom. The van der Waals surface area contributed by atoms with Crippen molar-refractivity contribution < 1.29 is 9.53 Å². The van der Waals surface area contributed by atoms with Crippen LogP contribution in [0.1, 0.15) is 29.2 Å². The highest BCUT2D eigenvalue weighted by atomic mass is 16.5. The normalized spacial score (nSPS) is 16.0. The molecule has 0 radical (unpaired) electrons. The molecule has 2 amide bonds. The van der Waals surface area contributed by atoms with E-state index in [1.165, 1.54) is 11.1 Å². The minimum atomic E-state index is -0.174. The standard InChI is InChI=1S/C17H19N3O2/c1-22-16-13(6-4-10-18-16)11-19-17(21)20-15-9-8-12-5-2-3-7-14(12)15/h2-7,10,15H,8-9,11H2,1H3,(H2,19,20,21). The first-order valence-electron chi connectivity index (χ1n) is 7.38. The molecule has 0 fully saturated rings. The van der Waals surface area contributed by atoms with Crippen LogP contribution in [0, 0.1) is 0 Å². The number of methoxy groups -OCH3 is 1. The number of nitrogens with zero attached hydrogens (tertiary/aromatic N) is 1. The average molecular weight is 297 g/mol. The lowest BCUT2D eigenvalue weighted by Gasteiger charge is -2.15. The van der Waals surface area contributed by atoms with Gasteiger partial charge in [-0.3, -0.25) is 0 Å². The lowest BCUT2D eigenvalue weighted by Crippen LogP contribution is -2.37. The summed E-state index contributed by atoms with van der Waals surface area (Å²) in [5.41, 5.74) is 3.39. The summed E-state index contributed by atoms with van der Waals surface area (Å²) >= 11 is 0. The van der Waals surface area contributed by atoms with Crippen LogP contribution in [0.15, 0.2) is 42.6 Å². The molecule has 5 nitrogen and oxygen atoms in total. The van der Waals surface area contributed by atoms with E-state index >= 15 is 0 Å². The fourth-order valence-electron chi connectivity index (χ4n) is 2.83. The van der Waals surface area contributed by atoms with Gasteiger partial charge >= 0.3 is 6.03 Å². The number of amides is 2. The van der Waals surface area contributed by atoms with Crippen molar-refractivity contribution in [1.82, 2.24) is 15.6 Å². The Balaban J connectivity index is 1.58. The molecule has 1 aromatic heterocycles. The molecule has 1 aliphatic rings. The number of aryl methyl sites for hydroxylation is 1. The Morgan fingerprint density at radius 3 is 3.05 bits per heavy atom. The maximum absolute atomic E-state index is 12.1. The zero-order valence-electron chi connectivity index (χ0n) is 12.5. The van der Waals surface area contributed by atoms with Crippen molar-refractivity contribution in [2.24, 2.45) is 0 Å². The molecular formula is C17H19N3O2. The van der Waals surface area contributed by atoms with Gasteiger partial charge in [-0.15, -0.1) is 0 Å². The third-order valence-corrected chi connectivity index (χ3v) is 3.92. The van der Waals surface area contributed by atoms with Crippen molar-refractivity contribution in [2.45, 2.75) is 25.4 Å². The molecule has 2 N–H and O–H groups in total. The van der Waals surface area contributed by atoms with Gasteiger partial charge < -0.3 is 15.4 Å². The van der Waals surface area contributed by atoms with Gasteiger partial charge in [-0.25, -0.2) is 9.78 Å². The number of urea groups is 1. The molecule has 3 rings (SSSR count). The van der Waals surface area contributed by atoms with Crippen LogP contribution < -0.4 is 15.4 Å². The second-order valence-electron chi connectivity index (χ2n) is 5.29. The second-order valence-corrected chi connectivity index (χ2v) is 5.29. The molecule has 1 aliphatic carbocycles. The fourth-order valence-corrected chi connectivity index (χ4v) is 2.83. The van der Waals surface area contributed by atoms with Gasteiger partial charge in [0, 0.05) is 18.3 Å². The van der Waals surface area contributed by atoms with Crippen LogP contribution in [0.5, 0.6) is 5.88 Å². The van der Waals surface area contributed by atoms with E-state index < -0.39 is 0 Å². The smallest absolute Gasteiger partial charge is 0.315 e. The number of carbonyl (C=O) groups excluding carboxylic acids is 1. The highest BCUT2D eigenvalue weighted by Crippen LogP contribution is 2.30. The molecule has 0 bridgehead atoms. The number of ether oxygens (including phenoxy) is 1. The topological polar surface area (TPSA) is 63.2 Å². The summed E-state index contributed by atoms with van der Waals surface area (Å²) in [6, 6.07) is 11.9. The zero-order chi connectivity index (χ0) is 15.4. The number of pyridine rings is 1. The molecule has 0 saturated carbocycles. The number of fused-ring (bicyclic) bond motifs is 1. The van der Waals surface area contributed by atoms with Crippen LogP contribution in [0.4, 0.5) is 4.79 Å². The number of aromatic nitrogens is 1. The number of rotatable bonds is 4. The molecular weight excluding hydrogens is 278 g/mol. The summed E-state index contributed by atoms with van der Waals surface area (Å²) in [6.07, 6.45) is 3.62. The van der Waals surface area contributed by atoms with E-state index in [0.29, 0.717) is 12.4 Å². The quantitative estimate of drug-likeness (QED) is 0.911. The van der Waals surface area contributed by atoms with Gasteiger partial charge in [0.15, 0.2) is 0 Å². The SMILES string of the molecule is COc1ncccc1CNC(=O)NC1CCc2ccccc21. The first kappa shape index (κ1) is 14.4. The van der Waals surface area contributed by atoms with E-state index in [-0.39, 0.29) is 12.1 Å². The third kappa shape index (κ3) is 3.03. The lowest BCUT2D eigenvalue weighted by atomic mass is 10.1. The van der Waals surface area contributed by atoms with Gasteiger partial charge in [0.1, 0.15) is 0 Å². The molecule has 0 aliphatic heterocycles. The van der Waals surface area contributed by atoms with Crippen molar-refractivity contribution in [3.63, 3.8) is 0 Å². The minimum absolute atomic E-state index is 0.0898. The summed E-state index contributed by atoms with van der Waals surface area (Å²) < 4.78 is 5.17. The highest BCUT2D eigenvalue weighted by Gasteiger charge is 2.23. The number of carbonyl (C=O) groups is 1. The van der Waals surface area contributed by atoms with Crippen molar-refractivity contribution >= 4 is 6.03 Å². The average Bonchev–Trinajstić information content (AvgIpc) is 2.96. The van der Waals surface area contributed by atoms with Crippen molar-refractivity contribution in [3.8, 4) is 5.88 Å². The monoisotopic (exact) mass is 297 g/mol. The molecule has 0 saturated heterocycles. The Labute approximate surface area is 129 Å². The Kier molecular flexibility index (Phi) is 4.23. The first-order valence-corrected chi connectivity index (χ1v) is 7.38. The number of hydrogen-bond donors (Lipinski definition) is 2. The van der Waals surface area contributed by atoms with E-state index in [1.807, 2.05) is 24.3 Å². The molecule has 114 valence electrons. The number of hydrogen-bond acceptors (Lipinski definition) is 3. The third-order valence-electron chi connectivity index (χ3n) is 3.92. The minimum Gasteiger partial charge on any atom is -0.481 e. The fraction of sp³-hybridized carbons (Fsp3) is 0.294. The summed E-state index contributed by atoms with van der Waals surface area (Å²) in [5, 5.41) is 5.89. The summed E-state index contributed by atoms with van der Waals surface area (Å²) in [6.45, 7) is 0.386. The van der Waals surface area contributed by atoms with E-state index in [1.54, 1.807) is 13.3 Å². The molecule has 2 aromatic rings. The molecule has 0 spiro atoms. The van der Waals surface area contributed by atoms with Crippen molar-refractivity contribution in [1.29, 1.82) is 0 Å². The maximum Gasteiger partial charge on any atom is 0.315 e. The first-order chi connectivity index (χ1) is 10.8. The Morgan fingerprint density at radius 2 is 2.18 bits per heavy atom. The number of nitrogens with one attached hydrogen (secondary N) is 2. The predicted molar refractivity (Wildman–Crippen MR) is 83.7 cm³/mol. The highest BCUT2D eigenvalue weighted by molar-refractivity contribution is 5.74. The van der Waals surface area contributed by atoms with Gasteiger partial charge in [-0.2, -0.15) is 0 Å². The maximum atomic E-state index is 12.1. The van der Waals surface area contributed by atoms with E-state index in [0.717, 1.165) is 18.4 Å². The molecule has 1 heterocycles. The van der Waals surface area contributed by atoms with Crippen LogP contribution in [0.3, 0.4) is 0 Å². The number of benzene rings is 1. The summed E-state index contributed by atoms with van der Waals surface area (Å²) in [4.78, 5) is 16.2. The van der Waals surface area contributed by atoms with E-state index in [2.05, 4.69) is 27.8 Å². The van der Waals surface area contributed by atoms with Crippen LogP contribution in [0.25, 0.3) is 0 Å². The molecule has 5 heteroatoms. The van der Waals surface area contributed by atoms with Gasteiger partial charge in [-0.1, -0.05) is 30.3 Å². The zero-order valence-corrected chi connectivity index (χ0v) is 12.5. The largest absolute Gasteiger partial charge is 0.481 e. The van der Waals surface area contributed by atoms with Gasteiger partial charge in [0.05, 0.1) is 13.2 Å². The van der Waals surface area contributed by atoms with Crippen molar-refractivity contribution in [3.05, 3.63) is 59.3 Å². The second kappa shape index (κ2) is 6.47. The van der Waals surface area contributed by atoms with Gasteiger partial charge in [0.2, 0.25) is 5.88 Å². The van der Waals surface area contributed by atoms with Crippen LogP contribution >= 0.6 is 0 Å². The lowest BCUT2D eigenvalue weighted by molar-refractivity contribution is 0.236. The Bertz CT molecular complexity index is 672. The molecule has 1 aromatic carbocycles. The molecule has 1 unspecified atom stereocenters.